The number of fused-ring (bicyclic) bond motifs is 2. The number of phenols is 1. The standard InChI is InChI=1S/C19H17N3O4/c23-14-5-3-11-2-1-7-22(10-13(11)8-14)19(26)12-4-6-15-16(9-12)21-18(25)17(24)20-15/h3-6,8-9,23H,1-2,7,10H2,(H,20,24)(H,21,25). The molecule has 26 heavy (non-hydrogen) atoms. The Morgan fingerprint density at radius 1 is 0.962 bits per heavy atom. The number of aryl methyl sites for hydroxylation is 1. The fraction of sp³-hybridized carbons (Fsp3) is 0.211. The number of phenolic OH excluding ortho intramolecular Hbond substituents is 1. The summed E-state index contributed by atoms with van der Waals surface area (Å²) in [7, 11) is 0. The van der Waals surface area contributed by atoms with E-state index in [2.05, 4.69) is 9.97 Å². The molecule has 1 amide bonds. The van der Waals surface area contributed by atoms with Crippen molar-refractivity contribution in [2.75, 3.05) is 6.54 Å². The van der Waals surface area contributed by atoms with Gasteiger partial charge in [-0.1, -0.05) is 6.07 Å². The molecule has 1 aliphatic heterocycles. The van der Waals surface area contributed by atoms with Crippen LogP contribution in [0.3, 0.4) is 0 Å². The molecule has 2 aromatic carbocycles. The number of aromatic nitrogens is 2. The van der Waals surface area contributed by atoms with E-state index in [4.69, 9.17) is 0 Å². The van der Waals surface area contributed by atoms with Gasteiger partial charge in [-0.25, -0.2) is 0 Å². The first-order chi connectivity index (χ1) is 12.5. The average Bonchev–Trinajstić information content (AvgIpc) is 2.83. The van der Waals surface area contributed by atoms with Crippen molar-refractivity contribution in [1.82, 2.24) is 14.9 Å². The van der Waals surface area contributed by atoms with E-state index in [-0.39, 0.29) is 11.7 Å². The summed E-state index contributed by atoms with van der Waals surface area (Å²) < 4.78 is 0. The summed E-state index contributed by atoms with van der Waals surface area (Å²) in [5, 5.41) is 9.72. The Morgan fingerprint density at radius 2 is 1.73 bits per heavy atom. The van der Waals surface area contributed by atoms with Crippen molar-refractivity contribution in [3.8, 4) is 5.75 Å². The third kappa shape index (κ3) is 2.88. The van der Waals surface area contributed by atoms with Crippen molar-refractivity contribution in [2.24, 2.45) is 0 Å². The number of amides is 1. The summed E-state index contributed by atoms with van der Waals surface area (Å²) in [6.45, 7) is 1.03. The number of aromatic hydroxyl groups is 1. The molecule has 7 heteroatoms. The molecule has 1 aromatic heterocycles. The lowest BCUT2D eigenvalue weighted by molar-refractivity contribution is 0.0746. The maximum atomic E-state index is 12.9. The molecular formula is C19H17N3O4. The lowest BCUT2D eigenvalue weighted by Crippen LogP contribution is -2.31. The minimum atomic E-state index is -0.749. The molecule has 0 aliphatic carbocycles. The summed E-state index contributed by atoms with van der Waals surface area (Å²) in [6, 6.07) is 10.1. The SMILES string of the molecule is O=C(c1ccc2[nH]c(=O)c(=O)[nH]c2c1)N1CCCc2ccc(O)cc2C1. The lowest BCUT2D eigenvalue weighted by atomic mass is 10.0. The van der Waals surface area contributed by atoms with Gasteiger partial charge in [0.1, 0.15) is 5.75 Å². The number of rotatable bonds is 1. The van der Waals surface area contributed by atoms with Crippen molar-refractivity contribution < 1.29 is 9.90 Å². The molecule has 7 nitrogen and oxygen atoms in total. The highest BCUT2D eigenvalue weighted by Crippen LogP contribution is 2.24. The zero-order chi connectivity index (χ0) is 18.3. The van der Waals surface area contributed by atoms with Crippen LogP contribution in [0.4, 0.5) is 0 Å². The molecule has 4 rings (SSSR count). The number of hydrogen-bond acceptors (Lipinski definition) is 4. The predicted octanol–water partition coefficient (Wildman–Crippen LogP) is 1.51. The first-order valence-corrected chi connectivity index (χ1v) is 8.38. The highest BCUT2D eigenvalue weighted by molar-refractivity contribution is 5.97. The van der Waals surface area contributed by atoms with Crippen LogP contribution in [0.15, 0.2) is 46.0 Å². The second kappa shape index (κ2) is 6.18. The van der Waals surface area contributed by atoms with E-state index >= 15 is 0 Å². The Bertz CT molecular complexity index is 1130. The summed E-state index contributed by atoms with van der Waals surface area (Å²) in [5.41, 5.74) is 1.92. The summed E-state index contributed by atoms with van der Waals surface area (Å²) in [6.07, 6.45) is 1.69. The molecule has 0 atom stereocenters. The topological polar surface area (TPSA) is 106 Å². The first kappa shape index (κ1) is 16.1. The van der Waals surface area contributed by atoms with Gasteiger partial charge in [0.05, 0.1) is 11.0 Å². The minimum Gasteiger partial charge on any atom is -0.508 e. The van der Waals surface area contributed by atoms with Gasteiger partial charge in [-0.2, -0.15) is 0 Å². The number of H-pyrrole nitrogens is 2. The van der Waals surface area contributed by atoms with Gasteiger partial charge in [0.25, 0.3) is 5.91 Å². The number of hydrogen-bond donors (Lipinski definition) is 3. The van der Waals surface area contributed by atoms with Crippen LogP contribution in [0.1, 0.15) is 27.9 Å². The van der Waals surface area contributed by atoms with E-state index < -0.39 is 11.1 Å². The van der Waals surface area contributed by atoms with Crippen molar-refractivity contribution >= 4 is 16.9 Å². The van der Waals surface area contributed by atoms with E-state index in [1.807, 2.05) is 6.07 Å². The summed E-state index contributed by atoms with van der Waals surface area (Å²) in [4.78, 5) is 42.5. The number of nitrogens with zero attached hydrogens (tertiary/aromatic N) is 1. The van der Waals surface area contributed by atoms with Crippen LogP contribution < -0.4 is 11.1 Å². The molecular weight excluding hydrogens is 334 g/mol. The maximum Gasteiger partial charge on any atom is 0.314 e. The van der Waals surface area contributed by atoms with Crippen LogP contribution in [-0.4, -0.2) is 32.4 Å². The number of benzene rings is 2. The Morgan fingerprint density at radius 3 is 2.54 bits per heavy atom. The molecule has 0 saturated carbocycles. The van der Waals surface area contributed by atoms with Crippen molar-refractivity contribution in [3.05, 3.63) is 73.8 Å². The third-order valence-corrected chi connectivity index (χ3v) is 4.68. The first-order valence-electron chi connectivity index (χ1n) is 8.38. The van der Waals surface area contributed by atoms with Crippen molar-refractivity contribution in [1.29, 1.82) is 0 Å². The van der Waals surface area contributed by atoms with Crippen LogP contribution in [0, 0.1) is 0 Å². The second-order valence-electron chi connectivity index (χ2n) is 6.45. The Kier molecular flexibility index (Phi) is 3.84. The second-order valence-corrected chi connectivity index (χ2v) is 6.45. The number of carbonyl (C=O) groups is 1. The number of aromatic amines is 2. The van der Waals surface area contributed by atoms with Gasteiger partial charge in [0.15, 0.2) is 0 Å². The van der Waals surface area contributed by atoms with Crippen LogP contribution >= 0.6 is 0 Å². The van der Waals surface area contributed by atoms with Crippen molar-refractivity contribution in [3.63, 3.8) is 0 Å². The molecule has 0 unspecified atom stereocenters. The maximum absolute atomic E-state index is 12.9. The van der Waals surface area contributed by atoms with Gasteiger partial charge in [-0.05, 0) is 54.3 Å². The highest BCUT2D eigenvalue weighted by Gasteiger charge is 2.21. The Hall–Kier alpha value is -3.35. The Labute approximate surface area is 147 Å². The van der Waals surface area contributed by atoms with E-state index in [9.17, 15) is 19.5 Å². The van der Waals surface area contributed by atoms with Gasteiger partial charge in [-0.15, -0.1) is 0 Å². The zero-order valence-corrected chi connectivity index (χ0v) is 13.9. The molecule has 3 aromatic rings. The van der Waals surface area contributed by atoms with Gasteiger partial charge in [0.2, 0.25) is 0 Å². The van der Waals surface area contributed by atoms with E-state index in [1.165, 1.54) is 0 Å². The largest absolute Gasteiger partial charge is 0.508 e. The smallest absolute Gasteiger partial charge is 0.314 e. The van der Waals surface area contributed by atoms with Gasteiger partial charge in [-0.3, -0.25) is 14.4 Å². The molecule has 0 bridgehead atoms. The fourth-order valence-corrected chi connectivity index (χ4v) is 3.35. The van der Waals surface area contributed by atoms with E-state index in [0.29, 0.717) is 29.7 Å². The summed E-state index contributed by atoms with van der Waals surface area (Å²) >= 11 is 0. The van der Waals surface area contributed by atoms with E-state index in [1.54, 1.807) is 35.2 Å². The molecule has 0 spiro atoms. The quantitative estimate of drug-likeness (QED) is 0.578. The highest BCUT2D eigenvalue weighted by atomic mass is 16.3. The Balaban J connectivity index is 1.68. The molecule has 0 radical (unpaired) electrons. The fourth-order valence-electron chi connectivity index (χ4n) is 3.35. The van der Waals surface area contributed by atoms with Crippen molar-refractivity contribution in [2.45, 2.75) is 19.4 Å². The molecule has 2 heterocycles. The van der Waals surface area contributed by atoms with E-state index in [0.717, 1.165) is 24.0 Å². The molecule has 3 N–H and O–H groups in total. The van der Waals surface area contributed by atoms with Crippen LogP contribution in [-0.2, 0) is 13.0 Å². The lowest BCUT2D eigenvalue weighted by Gasteiger charge is -2.21. The van der Waals surface area contributed by atoms with Crippen LogP contribution in [0.25, 0.3) is 11.0 Å². The van der Waals surface area contributed by atoms with Crippen LogP contribution in [0.2, 0.25) is 0 Å². The summed E-state index contributed by atoms with van der Waals surface area (Å²) in [5.74, 6) is 0.0282. The average molecular weight is 351 g/mol. The molecule has 0 fully saturated rings. The monoisotopic (exact) mass is 351 g/mol. The molecule has 0 saturated heterocycles. The zero-order valence-electron chi connectivity index (χ0n) is 13.9. The number of nitrogens with one attached hydrogen (secondary N) is 2. The normalized spacial score (nSPS) is 14.1. The van der Waals surface area contributed by atoms with Gasteiger partial charge < -0.3 is 20.0 Å². The minimum absolute atomic E-state index is 0.157. The molecule has 132 valence electrons. The molecule has 1 aliphatic rings. The van der Waals surface area contributed by atoms with Crippen LogP contribution in [0.5, 0.6) is 5.75 Å². The van der Waals surface area contributed by atoms with Gasteiger partial charge >= 0.3 is 11.1 Å². The third-order valence-electron chi connectivity index (χ3n) is 4.68. The van der Waals surface area contributed by atoms with Gasteiger partial charge in [0, 0.05) is 18.7 Å². The predicted molar refractivity (Wildman–Crippen MR) is 96.4 cm³/mol. The number of carbonyl (C=O) groups excluding carboxylic acids is 1.